The van der Waals surface area contributed by atoms with Crippen molar-refractivity contribution < 1.29 is 4.79 Å². The predicted molar refractivity (Wildman–Crippen MR) is 130 cm³/mol. The van der Waals surface area contributed by atoms with Crippen molar-refractivity contribution >= 4 is 39.9 Å². The summed E-state index contributed by atoms with van der Waals surface area (Å²) in [4.78, 5) is 20.5. The number of carbonyl (C=O) groups is 1. The topological polar surface area (TPSA) is 50.2 Å². The molecular formula is C25H25ClN4OS. The summed E-state index contributed by atoms with van der Waals surface area (Å²) in [5.74, 6) is 1.09. The van der Waals surface area contributed by atoms with Gasteiger partial charge < -0.3 is 9.88 Å². The normalized spacial score (nSPS) is 15.3. The molecule has 7 heteroatoms. The number of halogens is 1. The van der Waals surface area contributed by atoms with Crippen LogP contribution in [0.1, 0.15) is 33.9 Å². The van der Waals surface area contributed by atoms with Crippen LogP contribution in [-0.4, -0.2) is 39.5 Å². The number of rotatable bonds is 6. The molecule has 1 fully saturated rings. The summed E-state index contributed by atoms with van der Waals surface area (Å²) in [5, 5.41) is 5.83. The molecule has 0 unspecified atom stereocenters. The Labute approximate surface area is 196 Å². The molecule has 2 aromatic carbocycles. The Hall–Kier alpha value is -2.67. The highest BCUT2D eigenvalue weighted by atomic mass is 35.5. The average Bonchev–Trinajstić information content (AvgIpc) is 3.45. The maximum atomic E-state index is 12.4. The lowest BCUT2D eigenvalue weighted by Gasteiger charge is -2.32. The van der Waals surface area contributed by atoms with Crippen molar-refractivity contribution in [1.82, 2.24) is 19.8 Å². The van der Waals surface area contributed by atoms with Crippen LogP contribution < -0.4 is 5.32 Å². The van der Waals surface area contributed by atoms with Crippen LogP contribution in [0.5, 0.6) is 0 Å². The minimum atomic E-state index is 0.0417. The number of nitrogens with zero attached hydrogens (tertiary/aromatic N) is 3. The molecule has 164 valence electrons. The zero-order chi connectivity index (χ0) is 21.9. The van der Waals surface area contributed by atoms with E-state index in [1.807, 2.05) is 35.7 Å². The van der Waals surface area contributed by atoms with Crippen molar-refractivity contribution in [1.29, 1.82) is 0 Å². The molecule has 5 nitrogen and oxygen atoms in total. The molecule has 1 amide bonds. The number of fused-ring (bicyclic) bond motifs is 1. The number of amides is 1. The van der Waals surface area contributed by atoms with Crippen LogP contribution in [0.3, 0.4) is 0 Å². The number of carbonyl (C=O) groups excluding carboxylic acids is 1. The first-order valence-electron chi connectivity index (χ1n) is 10.9. The van der Waals surface area contributed by atoms with Crippen molar-refractivity contribution in [3.05, 3.63) is 87.3 Å². The standard InChI is InChI=1S/C25H25ClN4OS/c26-19-8-9-22-21(15-19)28-24(30(22)16-18-5-2-1-3-6-18)17-29-12-10-20(11-13-29)27-25(31)23-7-4-14-32-23/h1-9,14-15,20H,10-13,16-17H2,(H,27,31). The minimum absolute atomic E-state index is 0.0417. The molecule has 32 heavy (non-hydrogen) atoms. The van der Waals surface area contributed by atoms with Crippen molar-refractivity contribution in [2.75, 3.05) is 13.1 Å². The number of imidazole rings is 1. The molecule has 0 spiro atoms. The van der Waals surface area contributed by atoms with Gasteiger partial charge in [-0.25, -0.2) is 4.98 Å². The molecule has 1 N–H and O–H groups in total. The molecule has 0 aliphatic carbocycles. The molecule has 2 aromatic heterocycles. The Morgan fingerprint density at radius 1 is 1.06 bits per heavy atom. The van der Waals surface area contributed by atoms with Gasteiger partial charge in [-0.05, 0) is 48.1 Å². The average molecular weight is 465 g/mol. The third-order valence-electron chi connectivity index (χ3n) is 6.01. The van der Waals surface area contributed by atoms with Gasteiger partial charge in [-0.2, -0.15) is 0 Å². The zero-order valence-corrected chi connectivity index (χ0v) is 19.3. The van der Waals surface area contributed by atoms with Crippen LogP contribution in [0, 0.1) is 0 Å². The third kappa shape index (κ3) is 4.72. The Morgan fingerprint density at radius 3 is 2.62 bits per heavy atom. The predicted octanol–water partition coefficient (Wildman–Crippen LogP) is 5.19. The van der Waals surface area contributed by atoms with E-state index in [1.165, 1.54) is 16.9 Å². The van der Waals surface area contributed by atoms with Gasteiger partial charge in [-0.1, -0.05) is 48.0 Å². The molecule has 3 heterocycles. The van der Waals surface area contributed by atoms with Gasteiger partial charge in [0.1, 0.15) is 5.82 Å². The highest BCUT2D eigenvalue weighted by molar-refractivity contribution is 7.12. The van der Waals surface area contributed by atoms with E-state index in [2.05, 4.69) is 45.1 Å². The molecular weight excluding hydrogens is 440 g/mol. The minimum Gasteiger partial charge on any atom is -0.349 e. The van der Waals surface area contributed by atoms with E-state index in [-0.39, 0.29) is 11.9 Å². The van der Waals surface area contributed by atoms with E-state index in [9.17, 15) is 4.79 Å². The second-order valence-electron chi connectivity index (χ2n) is 8.23. The summed E-state index contributed by atoms with van der Waals surface area (Å²) in [7, 11) is 0. The zero-order valence-electron chi connectivity index (χ0n) is 17.7. The molecule has 5 rings (SSSR count). The number of piperidine rings is 1. The van der Waals surface area contributed by atoms with Crippen molar-refractivity contribution in [3.63, 3.8) is 0 Å². The van der Waals surface area contributed by atoms with E-state index in [0.29, 0.717) is 5.02 Å². The number of hydrogen-bond acceptors (Lipinski definition) is 4. The number of nitrogens with one attached hydrogen (secondary N) is 1. The third-order valence-corrected chi connectivity index (χ3v) is 7.11. The van der Waals surface area contributed by atoms with Crippen molar-refractivity contribution in [3.8, 4) is 0 Å². The first kappa shape index (κ1) is 21.2. The molecule has 0 bridgehead atoms. The highest BCUT2D eigenvalue weighted by Gasteiger charge is 2.23. The van der Waals surface area contributed by atoms with E-state index < -0.39 is 0 Å². The van der Waals surface area contributed by atoms with E-state index in [0.717, 1.165) is 60.8 Å². The second-order valence-corrected chi connectivity index (χ2v) is 9.62. The molecule has 1 aliphatic heterocycles. The molecule has 1 aliphatic rings. The summed E-state index contributed by atoms with van der Waals surface area (Å²) < 4.78 is 2.30. The van der Waals surface area contributed by atoms with Gasteiger partial charge in [0.25, 0.3) is 5.91 Å². The van der Waals surface area contributed by atoms with Crippen LogP contribution in [0.25, 0.3) is 11.0 Å². The smallest absolute Gasteiger partial charge is 0.261 e. The van der Waals surface area contributed by atoms with Gasteiger partial charge in [0.2, 0.25) is 0 Å². The molecule has 0 atom stereocenters. The lowest BCUT2D eigenvalue weighted by Crippen LogP contribution is -2.44. The van der Waals surface area contributed by atoms with Gasteiger partial charge in [-0.3, -0.25) is 9.69 Å². The van der Waals surface area contributed by atoms with Gasteiger partial charge >= 0.3 is 0 Å². The van der Waals surface area contributed by atoms with Crippen molar-refractivity contribution in [2.24, 2.45) is 0 Å². The lowest BCUT2D eigenvalue weighted by molar-refractivity contribution is 0.0912. The summed E-state index contributed by atoms with van der Waals surface area (Å²) in [6, 6.07) is 20.4. The Morgan fingerprint density at radius 2 is 1.88 bits per heavy atom. The van der Waals surface area contributed by atoms with Crippen LogP contribution in [0.4, 0.5) is 0 Å². The Balaban J connectivity index is 1.29. The summed E-state index contributed by atoms with van der Waals surface area (Å²) in [6.45, 7) is 3.43. The van der Waals surface area contributed by atoms with Crippen LogP contribution in [-0.2, 0) is 13.1 Å². The van der Waals surface area contributed by atoms with Crippen molar-refractivity contribution in [2.45, 2.75) is 32.0 Å². The van der Waals surface area contributed by atoms with E-state index in [4.69, 9.17) is 16.6 Å². The number of hydrogen-bond donors (Lipinski definition) is 1. The maximum absolute atomic E-state index is 12.4. The molecule has 0 saturated carbocycles. The number of likely N-dealkylation sites (tertiary alicyclic amines) is 1. The maximum Gasteiger partial charge on any atom is 0.261 e. The Kier molecular flexibility index (Phi) is 6.26. The Bertz CT molecular complexity index is 1200. The molecule has 4 aromatic rings. The fourth-order valence-corrected chi connectivity index (χ4v) is 5.11. The first-order chi connectivity index (χ1) is 15.7. The van der Waals surface area contributed by atoms with Gasteiger partial charge in [0.15, 0.2) is 0 Å². The fourth-order valence-electron chi connectivity index (χ4n) is 4.32. The SMILES string of the molecule is O=C(NC1CCN(Cc2nc3cc(Cl)ccc3n2Cc2ccccc2)CC1)c1cccs1. The largest absolute Gasteiger partial charge is 0.349 e. The fraction of sp³-hybridized carbons (Fsp3) is 0.280. The van der Waals surface area contributed by atoms with Crippen LogP contribution >= 0.6 is 22.9 Å². The summed E-state index contributed by atoms with van der Waals surface area (Å²) in [5.41, 5.74) is 3.28. The monoisotopic (exact) mass is 464 g/mol. The molecule has 0 radical (unpaired) electrons. The van der Waals surface area contributed by atoms with Gasteiger partial charge in [-0.15, -0.1) is 11.3 Å². The molecule has 1 saturated heterocycles. The first-order valence-corrected chi connectivity index (χ1v) is 12.2. The van der Waals surface area contributed by atoms with E-state index in [1.54, 1.807) is 0 Å². The second kappa shape index (κ2) is 9.45. The quantitative estimate of drug-likeness (QED) is 0.427. The lowest BCUT2D eigenvalue weighted by atomic mass is 10.0. The number of benzene rings is 2. The van der Waals surface area contributed by atoms with Gasteiger partial charge in [0.05, 0.1) is 22.5 Å². The van der Waals surface area contributed by atoms with Crippen LogP contribution in [0.2, 0.25) is 5.02 Å². The summed E-state index contributed by atoms with van der Waals surface area (Å²) in [6.07, 6.45) is 1.89. The van der Waals surface area contributed by atoms with E-state index >= 15 is 0 Å². The highest BCUT2D eigenvalue weighted by Crippen LogP contribution is 2.24. The van der Waals surface area contributed by atoms with Gasteiger partial charge in [0, 0.05) is 30.7 Å². The van der Waals surface area contributed by atoms with Crippen LogP contribution in [0.15, 0.2) is 66.0 Å². The summed E-state index contributed by atoms with van der Waals surface area (Å²) >= 11 is 7.72. The number of aromatic nitrogens is 2. The number of thiophene rings is 1.